The van der Waals surface area contributed by atoms with Crippen LogP contribution in [0.15, 0.2) is 30.3 Å². The summed E-state index contributed by atoms with van der Waals surface area (Å²) in [5, 5.41) is 2.85. The molecule has 1 fully saturated rings. The van der Waals surface area contributed by atoms with Gasteiger partial charge in [-0.1, -0.05) is 18.2 Å². The minimum atomic E-state index is -0.0189. The average molecular weight is 256 g/mol. The van der Waals surface area contributed by atoms with Crippen molar-refractivity contribution in [3.05, 3.63) is 35.9 Å². The lowest BCUT2D eigenvalue weighted by molar-refractivity contribution is -0.114. The van der Waals surface area contributed by atoms with Crippen LogP contribution < -0.4 is 5.32 Å². The van der Waals surface area contributed by atoms with E-state index in [1.165, 1.54) is 24.0 Å². The highest BCUT2D eigenvalue weighted by molar-refractivity contribution is 5.89. The fraction of sp³-hybridized carbons (Fsp3) is 0.438. The molecule has 1 aromatic carbocycles. The predicted molar refractivity (Wildman–Crippen MR) is 77.9 cm³/mol. The van der Waals surface area contributed by atoms with Gasteiger partial charge in [-0.15, -0.1) is 0 Å². The number of nitrogens with one attached hydrogen (secondary N) is 1. The van der Waals surface area contributed by atoms with Crippen LogP contribution in [0.5, 0.6) is 0 Å². The average Bonchev–Trinajstić information content (AvgIpc) is 2.62. The van der Waals surface area contributed by atoms with Crippen molar-refractivity contribution in [2.45, 2.75) is 38.3 Å². The van der Waals surface area contributed by atoms with Crippen LogP contribution in [0.2, 0.25) is 0 Å². The molecule has 1 aromatic rings. The zero-order chi connectivity index (χ0) is 13.4. The van der Waals surface area contributed by atoms with Gasteiger partial charge in [-0.25, -0.2) is 0 Å². The molecule has 1 saturated heterocycles. The van der Waals surface area contributed by atoms with E-state index in [9.17, 15) is 4.79 Å². The summed E-state index contributed by atoms with van der Waals surface area (Å²) in [7, 11) is 2.23. The summed E-state index contributed by atoms with van der Waals surface area (Å²) in [4.78, 5) is 13.6. The topological polar surface area (TPSA) is 32.3 Å². The summed E-state index contributed by atoms with van der Waals surface area (Å²) in [6.45, 7) is 1.54. The Morgan fingerprint density at radius 1 is 1.37 bits per heavy atom. The third kappa shape index (κ3) is 2.43. The standard InChI is InChI=1S/C16H20N2O/c1-11(19)17-14-5-3-4-12(8-14)13-9-15-6-7-16(10-13)18(15)2/h3-5,8-9,15-16H,6-7,10H2,1-2H3,(H,17,19). The largest absolute Gasteiger partial charge is 0.326 e. The van der Waals surface area contributed by atoms with Gasteiger partial charge in [0.25, 0.3) is 0 Å². The van der Waals surface area contributed by atoms with Crippen LogP contribution in [0.25, 0.3) is 5.57 Å². The monoisotopic (exact) mass is 256 g/mol. The van der Waals surface area contributed by atoms with E-state index in [2.05, 4.69) is 35.5 Å². The number of rotatable bonds is 2. The van der Waals surface area contributed by atoms with Crippen molar-refractivity contribution < 1.29 is 4.79 Å². The van der Waals surface area contributed by atoms with E-state index in [0.717, 1.165) is 12.1 Å². The molecule has 3 heteroatoms. The summed E-state index contributed by atoms with van der Waals surface area (Å²) in [6.07, 6.45) is 6.09. The highest BCUT2D eigenvalue weighted by atomic mass is 16.1. The van der Waals surface area contributed by atoms with Gasteiger partial charge in [-0.2, -0.15) is 0 Å². The molecule has 2 heterocycles. The third-order valence-corrected chi connectivity index (χ3v) is 4.30. The lowest BCUT2D eigenvalue weighted by atomic mass is 9.95. The van der Waals surface area contributed by atoms with Crippen LogP contribution in [-0.4, -0.2) is 29.9 Å². The maximum atomic E-state index is 11.1. The van der Waals surface area contributed by atoms with E-state index >= 15 is 0 Å². The zero-order valence-electron chi connectivity index (χ0n) is 11.5. The number of nitrogens with zero attached hydrogens (tertiary/aromatic N) is 1. The van der Waals surface area contributed by atoms with Gasteiger partial charge in [0.05, 0.1) is 0 Å². The minimum absolute atomic E-state index is 0.0189. The number of amides is 1. The number of carbonyl (C=O) groups excluding carboxylic acids is 1. The lowest BCUT2D eigenvalue weighted by Gasteiger charge is -2.30. The number of hydrogen-bond acceptors (Lipinski definition) is 2. The van der Waals surface area contributed by atoms with Crippen LogP contribution in [0.4, 0.5) is 5.69 Å². The van der Waals surface area contributed by atoms with E-state index in [1.807, 2.05) is 12.1 Å². The Hall–Kier alpha value is -1.61. The molecule has 2 unspecified atom stereocenters. The van der Waals surface area contributed by atoms with Gasteiger partial charge < -0.3 is 5.32 Å². The van der Waals surface area contributed by atoms with Crippen molar-refractivity contribution in [3.8, 4) is 0 Å². The van der Waals surface area contributed by atoms with E-state index < -0.39 is 0 Å². The Kier molecular flexibility index (Phi) is 3.15. The molecule has 2 aliphatic rings. The number of carbonyl (C=O) groups is 1. The molecule has 2 aliphatic heterocycles. The van der Waals surface area contributed by atoms with Crippen LogP contribution >= 0.6 is 0 Å². The highest BCUT2D eigenvalue weighted by Crippen LogP contribution is 2.37. The second kappa shape index (κ2) is 4.82. The smallest absolute Gasteiger partial charge is 0.221 e. The molecule has 0 radical (unpaired) electrons. The number of likely N-dealkylation sites (N-methyl/N-ethyl adjacent to an activating group) is 1. The molecule has 3 nitrogen and oxygen atoms in total. The SMILES string of the molecule is CC(=O)Nc1cccc(C2=CC3CCC(C2)N3C)c1. The van der Waals surface area contributed by atoms with E-state index in [1.54, 1.807) is 6.92 Å². The molecule has 0 aliphatic carbocycles. The van der Waals surface area contributed by atoms with Gasteiger partial charge in [0, 0.05) is 24.7 Å². The first-order valence-corrected chi connectivity index (χ1v) is 6.94. The molecule has 1 N–H and O–H groups in total. The summed E-state index contributed by atoms with van der Waals surface area (Å²) >= 11 is 0. The maximum absolute atomic E-state index is 11.1. The summed E-state index contributed by atoms with van der Waals surface area (Å²) in [5.41, 5.74) is 3.56. The van der Waals surface area contributed by atoms with Gasteiger partial charge in [-0.05, 0) is 49.6 Å². The molecule has 0 spiro atoms. The molecule has 2 bridgehead atoms. The normalized spacial score (nSPS) is 26.1. The van der Waals surface area contributed by atoms with E-state index in [0.29, 0.717) is 12.1 Å². The summed E-state index contributed by atoms with van der Waals surface area (Å²) < 4.78 is 0. The predicted octanol–water partition coefficient (Wildman–Crippen LogP) is 2.89. The van der Waals surface area contributed by atoms with Crippen molar-refractivity contribution in [2.75, 3.05) is 12.4 Å². The number of benzene rings is 1. The fourth-order valence-electron chi connectivity index (χ4n) is 3.26. The first-order chi connectivity index (χ1) is 9.13. The number of anilines is 1. The molecule has 0 saturated carbocycles. The summed E-state index contributed by atoms with van der Waals surface area (Å²) in [6, 6.07) is 9.46. The van der Waals surface area contributed by atoms with Gasteiger partial charge in [0.1, 0.15) is 0 Å². The van der Waals surface area contributed by atoms with Crippen molar-refractivity contribution >= 4 is 17.2 Å². The summed E-state index contributed by atoms with van der Waals surface area (Å²) in [5.74, 6) is -0.0189. The first-order valence-electron chi connectivity index (χ1n) is 6.94. The highest BCUT2D eigenvalue weighted by Gasteiger charge is 2.33. The van der Waals surface area contributed by atoms with Gasteiger partial charge >= 0.3 is 0 Å². The second-order valence-corrected chi connectivity index (χ2v) is 5.62. The number of hydrogen-bond donors (Lipinski definition) is 1. The molecule has 0 aromatic heterocycles. The molecular formula is C16H20N2O. The van der Waals surface area contributed by atoms with Crippen LogP contribution in [0.1, 0.15) is 31.7 Å². The molecule has 1 amide bonds. The Balaban J connectivity index is 1.87. The van der Waals surface area contributed by atoms with Gasteiger partial charge in [0.15, 0.2) is 0 Å². The zero-order valence-corrected chi connectivity index (χ0v) is 11.5. The molecule has 100 valence electrons. The molecule has 19 heavy (non-hydrogen) atoms. The van der Waals surface area contributed by atoms with E-state index in [-0.39, 0.29) is 5.91 Å². The van der Waals surface area contributed by atoms with Gasteiger partial charge in [-0.3, -0.25) is 9.69 Å². The molecule has 2 atom stereocenters. The second-order valence-electron chi connectivity index (χ2n) is 5.62. The van der Waals surface area contributed by atoms with Crippen molar-refractivity contribution in [3.63, 3.8) is 0 Å². The van der Waals surface area contributed by atoms with E-state index in [4.69, 9.17) is 0 Å². The van der Waals surface area contributed by atoms with Gasteiger partial charge in [0.2, 0.25) is 5.91 Å². The third-order valence-electron chi connectivity index (χ3n) is 4.30. The lowest BCUT2D eigenvalue weighted by Crippen LogP contribution is -2.34. The van der Waals surface area contributed by atoms with Crippen LogP contribution in [0, 0.1) is 0 Å². The van der Waals surface area contributed by atoms with Crippen molar-refractivity contribution in [2.24, 2.45) is 0 Å². The van der Waals surface area contributed by atoms with Crippen molar-refractivity contribution in [1.29, 1.82) is 0 Å². The Bertz CT molecular complexity index is 535. The Morgan fingerprint density at radius 2 is 2.21 bits per heavy atom. The molecule has 3 rings (SSSR count). The maximum Gasteiger partial charge on any atom is 0.221 e. The first kappa shape index (κ1) is 12.4. The van der Waals surface area contributed by atoms with Crippen LogP contribution in [0.3, 0.4) is 0 Å². The number of fused-ring (bicyclic) bond motifs is 2. The van der Waals surface area contributed by atoms with Crippen LogP contribution in [-0.2, 0) is 4.79 Å². The van der Waals surface area contributed by atoms with Crippen molar-refractivity contribution in [1.82, 2.24) is 4.90 Å². The molecular weight excluding hydrogens is 236 g/mol. The minimum Gasteiger partial charge on any atom is -0.326 e. The Morgan fingerprint density at radius 3 is 2.95 bits per heavy atom. The quantitative estimate of drug-likeness (QED) is 0.882. The Labute approximate surface area is 114 Å². The fourth-order valence-corrected chi connectivity index (χ4v) is 3.26.